The molecule has 2 fully saturated rings. The molecule has 1 spiro atoms. The van der Waals surface area contributed by atoms with Gasteiger partial charge in [0.25, 0.3) is 5.91 Å². The van der Waals surface area contributed by atoms with Crippen LogP contribution in [0.5, 0.6) is 0 Å². The van der Waals surface area contributed by atoms with Gasteiger partial charge in [0.1, 0.15) is 11.7 Å². The minimum atomic E-state index is -0.175. The topological polar surface area (TPSA) is 70.1 Å². The number of carbonyl (C=O) groups excluding carboxylic acids is 2. The average Bonchev–Trinajstić information content (AvgIpc) is 3.07. The molecule has 138 valence electrons. The Labute approximate surface area is 157 Å². The molecule has 1 aliphatic heterocycles. The van der Waals surface area contributed by atoms with Crippen molar-refractivity contribution < 1.29 is 9.59 Å². The molecular weight excluding hydrogens is 352 g/mol. The average molecular weight is 375 g/mol. The van der Waals surface area contributed by atoms with E-state index in [1.807, 2.05) is 40.9 Å². The lowest BCUT2D eigenvalue weighted by atomic mass is 9.92. The summed E-state index contributed by atoms with van der Waals surface area (Å²) in [5.41, 5.74) is 0.643. The second-order valence-electron chi connectivity index (χ2n) is 7.46. The molecule has 26 heavy (non-hydrogen) atoms. The minimum absolute atomic E-state index is 0.112. The Morgan fingerprint density at radius 3 is 2.62 bits per heavy atom. The monoisotopic (exact) mass is 374 g/mol. The highest BCUT2D eigenvalue weighted by molar-refractivity contribution is 6.30. The van der Waals surface area contributed by atoms with Gasteiger partial charge in [0, 0.05) is 37.7 Å². The van der Waals surface area contributed by atoms with E-state index >= 15 is 0 Å². The van der Waals surface area contributed by atoms with Gasteiger partial charge in [-0.25, -0.2) is 0 Å². The molecule has 2 aromatic rings. The molecule has 1 saturated heterocycles. The number of H-pyrrole nitrogens is 1. The molecular formula is C19H23ClN4O2. The highest BCUT2D eigenvalue weighted by Gasteiger charge is 2.56. The molecule has 7 heteroatoms. The number of amides is 2. The molecule has 2 amide bonds. The maximum absolute atomic E-state index is 12.7. The molecule has 0 bridgehead atoms. The second-order valence-corrected chi connectivity index (χ2v) is 7.89. The maximum Gasteiger partial charge on any atom is 0.267 e. The number of piperidine rings is 1. The van der Waals surface area contributed by atoms with E-state index in [1.165, 1.54) is 0 Å². The number of rotatable bonds is 4. The summed E-state index contributed by atoms with van der Waals surface area (Å²) in [6.07, 6.45) is 8.32. The number of hydrogen-bond donors (Lipinski definition) is 2. The van der Waals surface area contributed by atoms with Crippen LogP contribution in [0.1, 0.15) is 42.7 Å². The van der Waals surface area contributed by atoms with Gasteiger partial charge >= 0.3 is 0 Å². The van der Waals surface area contributed by atoms with E-state index in [0.717, 1.165) is 32.4 Å². The molecule has 2 unspecified atom stereocenters. The summed E-state index contributed by atoms with van der Waals surface area (Å²) in [7, 11) is 0. The quantitative estimate of drug-likeness (QED) is 0.863. The summed E-state index contributed by atoms with van der Waals surface area (Å²) >= 11 is 5.86. The number of nitrogens with zero attached hydrogens (tertiary/aromatic N) is 2. The lowest BCUT2D eigenvalue weighted by Crippen LogP contribution is -2.44. The fraction of sp³-hybridized carbons (Fsp3) is 0.474. The van der Waals surface area contributed by atoms with Crippen LogP contribution in [-0.4, -0.2) is 45.4 Å². The summed E-state index contributed by atoms with van der Waals surface area (Å²) < 4.78 is 1.94. The van der Waals surface area contributed by atoms with Gasteiger partial charge in [-0.1, -0.05) is 11.6 Å². The van der Waals surface area contributed by atoms with Crippen molar-refractivity contribution in [2.24, 2.45) is 5.41 Å². The smallest absolute Gasteiger partial charge is 0.267 e. The number of hydrogen-bond acceptors (Lipinski definition) is 2. The van der Waals surface area contributed by atoms with Crippen molar-refractivity contribution >= 4 is 23.4 Å². The van der Waals surface area contributed by atoms with Crippen LogP contribution in [-0.2, 0) is 4.79 Å². The largest absolute Gasteiger partial charge is 0.356 e. The first-order valence-electron chi connectivity index (χ1n) is 9.04. The van der Waals surface area contributed by atoms with Crippen molar-refractivity contribution in [2.45, 2.75) is 38.3 Å². The maximum atomic E-state index is 12.7. The summed E-state index contributed by atoms with van der Waals surface area (Å²) in [6.45, 7) is 3.45. The molecule has 0 radical (unpaired) electrons. The first-order chi connectivity index (χ1) is 12.5. The summed E-state index contributed by atoms with van der Waals surface area (Å²) in [4.78, 5) is 29.8. The molecule has 4 rings (SSSR count). The zero-order chi connectivity index (χ0) is 18.3. The van der Waals surface area contributed by atoms with Crippen LogP contribution in [0.2, 0.25) is 5.02 Å². The fourth-order valence-corrected chi connectivity index (χ4v) is 4.17. The number of aromatic amines is 1. The molecule has 3 heterocycles. The van der Waals surface area contributed by atoms with E-state index in [0.29, 0.717) is 10.7 Å². The zero-order valence-corrected chi connectivity index (χ0v) is 15.5. The molecule has 1 saturated carbocycles. The normalized spacial score (nSPS) is 22.2. The van der Waals surface area contributed by atoms with Gasteiger partial charge in [-0.2, -0.15) is 0 Å². The zero-order valence-electron chi connectivity index (χ0n) is 14.7. The number of halogens is 1. The third-order valence-electron chi connectivity index (χ3n) is 5.89. The standard InChI is InChI=1S/C19H23ClN4O2/c1-13(23-6-2-3-7-23)18(26)24-8-4-19(5-9-24)11-16(19)22-17(25)15-10-14(20)12-21-15/h2-3,6-7,10,12-13,16,21H,4-5,8-9,11H2,1H3,(H,22,25). The van der Waals surface area contributed by atoms with Gasteiger partial charge < -0.3 is 19.8 Å². The van der Waals surface area contributed by atoms with E-state index in [1.54, 1.807) is 12.3 Å². The van der Waals surface area contributed by atoms with Crippen molar-refractivity contribution in [1.29, 1.82) is 0 Å². The van der Waals surface area contributed by atoms with Crippen LogP contribution in [0.15, 0.2) is 36.8 Å². The van der Waals surface area contributed by atoms with E-state index < -0.39 is 0 Å². The van der Waals surface area contributed by atoms with Crippen molar-refractivity contribution in [3.63, 3.8) is 0 Å². The highest BCUT2D eigenvalue weighted by atomic mass is 35.5. The van der Waals surface area contributed by atoms with Gasteiger partial charge in [0.2, 0.25) is 5.91 Å². The van der Waals surface area contributed by atoms with Crippen LogP contribution in [0, 0.1) is 5.41 Å². The highest BCUT2D eigenvalue weighted by Crippen LogP contribution is 2.54. The second kappa shape index (κ2) is 6.50. The summed E-state index contributed by atoms with van der Waals surface area (Å²) in [5, 5.41) is 3.63. The summed E-state index contributed by atoms with van der Waals surface area (Å²) in [6, 6.07) is 5.52. The Morgan fingerprint density at radius 2 is 2.00 bits per heavy atom. The predicted molar refractivity (Wildman–Crippen MR) is 99.1 cm³/mol. The molecule has 2 aromatic heterocycles. The SMILES string of the molecule is CC(C(=O)N1CCC2(CC1)CC2NC(=O)c1cc(Cl)c[nH]1)n1cccc1. The van der Waals surface area contributed by atoms with Gasteiger partial charge in [-0.3, -0.25) is 9.59 Å². The number of aromatic nitrogens is 2. The van der Waals surface area contributed by atoms with E-state index in [4.69, 9.17) is 11.6 Å². The number of nitrogens with one attached hydrogen (secondary N) is 2. The predicted octanol–water partition coefficient (Wildman–Crippen LogP) is 2.84. The first kappa shape index (κ1) is 17.2. The molecule has 0 aromatic carbocycles. The Hall–Kier alpha value is -2.21. The van der Waals surface area contributed by atoms with Gasteiger partial charge in [0.15, 0.2) is 0 Å². The lowest BCUT2D eigenvalue weighted by Gasteiger charge is -2.34. The molecule has 2 N–H and O–H groups in total. The minimum Gasteiger partial charge on any atom is -0.356 e. The molecule has 2 atom stereocenters. The van der Waals surface area contributed by atoms with Crippen molar-refractivity contribution in [3.05, 3.63) is 47.5 Å². The van der Waals surface area contributed by atoms with Crippen molar-refractivity contribution in [3.8, 4) is 0 Å². The Balaban J connectivity index is 1.30. The third-order valence-corrected chi connectivity index (χ3v) is 6.11. The lowest BCUT2D eigenvalue weighted by molar-refractivity contribution is -0.135. The third kappa shape index (κ3) is 3.14. The Morgan fingerprint density at radius 1 is 1.31 bits per heavy atom. The Bertz CT molecular complexity index is 805. The van der Waals surface area contributed by atoms with Crippen molar-refractivity contribution in [2.75, 3.05) is 13.1 Å². The van der Waals surface area contributed by atoms with Crippen molar-refractivity contribution in [1.82, 2.24) is 19.8 Å². The van der Waals surface area contributed by atoms with Crippen LogP contribution < -0.4 is 5.32 Å². The van der Waals surface area contributed by atoms with Crippen LogP contribution in [0.3, 0.4) is 0 Å². The first-order valence-corrected chi connectivity index (χ1v) is 9.42. The van der Waals surface area contributed by atoms with E-state index in [-0.39, 0.29) is 29.3 Å². The fourth-order valence-electron chi connectivity index (χ4n) is 4.01. The Kier molecular flexibility index (Phi) is 4.31. The number of carbonyl (C=O) groups is 2. The molecule has 2 aliphatic rings. The van der Waals surface area contributed by atoms with Gasteiger partial charge in [-0.15, -0.1) is 0 Å². The van der Waals surface area contributed by atoms with E-state index in [9.17, 15) is 9.59 Å². The van der Waals surface area contributed by atoms with Crippen LogP contribution in [0.4, 0.5) is 0 Å². The molecule has 1 aliphatic carbocycles. The number of likely N-dealkylation sites (tertiary alicyclic amines) is 1. The van der Waals surface area contributed by atoms with Crippen LogP contribution in [0.25, 0.3) is 0 Å². The van der Waals surface area contributed by atoms with Gasteiger partial charge in [0.05, 0.1) is 5.02 Å². The van der Waals surface area contributed by atoms with E-state index in [2.05, 4.69) is 10.3 Å². The molecule has 6 nitrogen and oxygen atoms in total. The van der Waals surface area contributed by atoms with Crippen LogP contribution >= 0.6 is 11.6 Å². The summed E-state index contributed by atoms with van der Waals surface area (Å²) in [5.74, 6) is 0.0526. The van der Waals surface area contributed by atoms with Gasteiger partial charge in [-0.05, 0) is 49.8 Å².